The number of carbonyl (C=O) groups excluding carboxylic acids is 1. The lowest BCUT2D eigenvalue weighted by Gasteiger charge is -2.35. The number of rotatable bonds is 2. The predicted molar refractivity (Wildman–Crippen MR) is 67.6 cm³/mol. The summed E-state index contributed by atoms with van der Waals surface area (Å²) in [5.74, 6) is 0.480. The molecule has 1 aliphatic heterocycles. The van der Waals surface area contributed by atoms with Crippen molar-refractivity contribution in [1.82, 2.24) is 4.98 Å². The van der Waals surface area contributed by atoms with Crippen molar-refractivity contribution < 1.29 is 14.6 Å². The van der Waals surface area contributed by atoms with Gasteiger partial charge in [-0.05, 0) is 24.5 Å². The number of esters is 1. The molecule has 18 heavy (non-hydrogen) atoms. The van der Waals surface area contributed by atoms with E-state index < -0.39 is 5.97 Å². The number of methoxy groups -OCH3 is 1. The third-order valence-electron chi connectivity index (χ3n) is 3.41. The van der Waals surface area contributed by atoms with E-state index in [4.69, 9.17) is 4.74 Å². The molecule has 0 radical (unpaired) electrons. The van der Waals surface area contributed by atoms with Crippen LogP contribution in [-0.4, -0.2) is 42.4 Å². The summed E-state index contributed by atoms with van der Waals surface area (Å²) < 4.78 is 4.75. The first-order valence-corrected chi connectivity index (χ1v) is 6.10. The SMILES string of the molecule is COC(=O)c1cccnc1N1CCC(C)C(O)C1. The van der Waals surface area contributed by atoms with E-state index in [0.717, 1.165) is 13.0 Å². The number of aliphatic hydroxyl groups excluding tert-OH is 1. The summed E-state index contributed by atoms with van der Waals surface area (Å²) in [6.07, 6.45) is 2.15. The van der Waals surface area contributed by atoms with Gasteiger partial charge in [-0.1, -0.05) is 6.92 Å². The average Bonchev–Trinajstić information content (AvgIpc) is 2.41. The molecule has 0 saturated carbocycles. The van der Waals surface area contributed by atoms with E-state index in [2.05, 4.69) is 4.98 Å². The second kappa shape index (κ2) is 5.35. The Morgan fingerprint density at radius 1 is 1.61 bits per heavy atom. The van der Waals surface area contributed by atoms with Crippen molar-refractivity contribution in [2.75, 3.05) is 25.1 Å². The zero-order valence-corrected chi connectivity index (χ0v) is 10.7. The Hall–Kier alpha value is -1.62. The molecule has 0 aromatic carbocycles. The van der Waals surface area contributed by atoms with E-state index >= 15 is 0 Å². The molecule has 5 heteroatoms. The minimum absolute atomic E-state index is 0.284. The maximum absolute atomic E-state index is 11.7. The number of β-amino-alcohol motifs (C(OH)–C–C–N with tert-alkyl or cyclic N) is 1. The lowest BCUT2D eigenvalue weighted by atomic mass is 9.96. The summed E-state index contributed by atoms with van der Waals surface area (Å²) >= 11 is 0. The normalized spacial score (nSPS) is 23.8. The van der Waals surface area contributed by atoms with Gasteiger partial charge in [-0.3, -0.25) is 0 Å². The van der Waals surface area contributed by atoms with E-state index in [9.17, 15) is 9.90 Å². The highest BCUT2D eigenvalue weighted by Crippen LogP contribution is 2.24. The standard InChI is InChI=1S/C13H18N2O3/c1-9-5-7-15(8-11(9)16)12-10(13(17)18-2)4-3-6-14-12/h3-4,6,9,11,16H,5,7-8H2,1-2H3. The summed E-state index contributed by atoms with van der Waals surface area (Å²) in [7, 11) is 1.35. The predicted octanol–water partition coefficient (Wildman–Crippen LogP) is 1.08. The molecule has 0 amide bonds. The van der Waals surface area contributed by atoms with Gasteiger partial charge in [0.1, 0.15) is 11.4 Å². The monoisotopic (exact) mass is 250 g/mol. The molecule has 2 rings (SSSR count). The third-order valence-corrected chi connectivity index (χ3v) is 3.41. The molecular weight excluding hydrogens is 232 g/mol. The van der Waals surface area contributed by atoms with E-state index in [1.807, 2.05) is 11.8 Å². The van der Waals surface area contributed by atoms with Crippen LogP contribution < -0.4 is 4.90 Å². The third kappa shape index (κ3) is 2.46. The summed E-state index contributed by atoms with van der Waals surface area (Å²) in [6, 6.07) is 3.40. The van der Waals surface area contributed by atoms with Gasteiger partial charge in [-0.25, -0.2) is 9.78 Å². The van der Waals surface area contributed by atoms with Crippen LogP contribution in [0, 0.1) is 5.92 Å². The van der Waals surface area contributed by atoms with E-state index in [-0.39, 0.29) is 12.0 Å². The Morgan fingerprint density at radius 3 is 3.06 bits per heavy atom. The lowest BCUT2D eigenvalue weighted by molar-refractivity contribution is 0.0599. The summed E-state index contributed by atoms with van der Waals surface area (Å²) in [5, 5.41) is 9.91. The van der Waals surface area contributed by atoms with Crippen molar-refractivity contribution in [3.8, 4) is 0 Å². The second-order valence-corrected chi connectivity index (χ2v) is 4.65. The van der Waals surface area contributed by atoms with Crippen LogP contribution in [0.2, 0.25) is 0 Å². The van der Waals surface area contributed by atoms with Crippen LogP contribution in [0.5, 0.6) is 0 Å². The highest BCUT2D eigenvalue weighted by Gasteiger charge is 2.27. The number of carbonyl (C=O) groups is 1. The van der Waals surface area contributed by atoms with Crippen LogP contribution in [0.4, 0.5) is 5.82 Å². The first-order chi connectivity index (χ1) is 8.63. The Bertz CT molecular complexity index is 436. The highest BCUT2D eigenvalue weighted by atomic mass is 16.5. The van der Waals surface area contributed by atoms with Crippen LogP contribution in [-0.2, 0) is 4.74 Å². The molecule has 1 saturated heterocycles. The van der Waals surface area contributed by atoms with Crippen molar-refractivity contribution in [2.24, 2.45) is 5.92 Å². The van der Waals surface area contributed by atoms with E-state index in [0.29, 0.717) is 17.9 Å². The molecule has 98 valence electrons. The largest absolute Gasteiger partial charge is 0.465 e. The number of aromatic nitrogens is 1. The van der Waals surface area contributed by atoms with Crippen molar-refractivity contribution in [1.29, 1.82) is 0 Å². The summed E-state index contributed by atoms with van der Waals surface area (Å²) in [5.41, 5.74) is 0.446. The van der Waals surface area contributed by atoms with Crippen molar-refractivity contribution in [3.05, 3.63) is 23.9 Å². The molecule has 1 aliphatic rings. The number of anilines is 1. The Balaban J connectivity index is 2.25. The number of nitrogens with zero attached hydrogens (tertiary/aromatic N) is 2. The maximum atomic E-state index is 11.7. The number of hydrogen-bond donors (Lipinski definition) is 1. The van der Waals surface area contributed by atoms with Crippen LogP contribution >= 0.6 is 0 Å². The van der Waals surface area contributed by atoms with Crippen molar-refractivity contribution in [3.63, 3.8) is 0 Å². The second-order valence-electron chi connectivity index (χ2n) is 4.65. The summed E-state index contributed by atoms with van der Waals surface area (Å²) in [6.45, 7) is 3.32. The first kappa shape index (κ1) is 12.8. The molecule has 5 nitrogen and oxygen atoms in total. The minimum Gasteiger partial charge on any atom is -0.465 e. The molecule has 2 heterocycles. The van der Waals surface area contributed by atoms with Gasteiger partial charge >= 0.3 is 5.97 Å². The Kier molecular flexibility index (Phi) is 3.81. The van der Waals surface area contributed by atoms with Gasteiger partial charge in [0.15, 0.2) is 0 Å². The lowest BCUT2D eigenvalue weighted by Crippen LogP contribution is -2.43. The zero-order valence-electron chi connectivity index (χ0n) is 10.7. The molecule has 2 atom stereocenters. The molecule has 0 spiro atoms. The van der Waals surface area contributed by atoms with Crippen LogP contribution in [0.25, 0.3) is 0 Å². The van der Waals surface area contributed by atoms with Gasteiger partial charge in [0, 0.05) is 19.3 Å². The molecule has 1 fully saturated rings. The summed E-state index contributed by atoms with van der Waals surface area (Å²) in [4.78, 5) is 17.9. The number of piperidine rings is 1. The van der Waals surface area contributed by atoms with Gasteiger partial charge < -0.3 is 14.7 Å². The van der Waals surface area contributed by atoms with E-state index in [1.165, 1.54) is 7.11 Å². The molecule has 1 aromatic heterocycles. The average molecular weight is 250 g/mol. The maximum Gasteiger partial charge on any atom is 0.341 e. The smallest absolute Gasteiger partial charge is 0.341 e. The Morgan fingerprint density at radius 2 is 2.39 bits per heavy atom. The van der Waals surface area contributed by atoms with Crippen LogP contribution in [0.3, 0.4) is 0 Å². The minimum atomic E-state index is -0.397. The fourth-order valence-electron chi connectivity index (χ4n) is 2.16. The van der Waals surface area contributed by atoms with Gasteiger partial charge in [-0.2, -0.15) is 0 Å². The molecule has 0 bridgehead atoms. The van der Waals surface area contributed by atoms with E-state index in [1.54, 1.807) is 18.3 Å². The fourth-order valence-corrected chi connectivity index (χ4v) is 2.16. The van der Waals surface area contributed by atoms with Crippen molar-refractivity contribution in [2.45, 2.75) is 19.4 Å². The number of pyridine rings is 1. The van der Waals surface area contributed by atoms with Crippen LogP contribution in [0.1, 0.15) is 23.7 Å². The highest BCUT2D eigenvalue weighted by molar-refractivity contribution is 5.94. The number of hydrogen-bond acceptors (Lipinski definition) is 5. The molecular formula is C13H18N2O3. The topological polar surface area (TPSA) is 62.7 Å². The van der Waals surface area contributed by atoms with Crippen LogP contribution in [0.15, 0.2) is 18.3 Å². The van der Waals surface area contributed by atoms with Crippen molar-refractivity contribution >= 4 is 11.8 Å². The first-order valence-electron chi connectivity index (χ1n) is 6.10. The molecule has 1 aromatic rings. The zero-order chi connectivity index (χ0) is 13.1. The molecule has 1 N–H and O–H groups in total. The Labute approximate surface area is 106 Å². The molecule has 0 aliphatic carbocycles. The van der Waals surface area contributed by atoms with Gasteiger partial charge in [0.2, 0.25) is 0 Å². The van der Waals surface area contributed by atoms with Gasteiger partial charge in [0.05, 0.1) is 13.2 Å². The number of ether oxygens (including phenoxy) is 1. The molecule has 2 unspecified atom stereocenters. The fraction of sp³-hybridized carbons (Fsp3) is 0.538. The number of aliphatic hydroxyl groups is 1. The quantitative estimate of drug-likeness (QED) is 0.796. The van der Waals surface area contributed by atoms with Gasteiger partial charge in [0.25, 0.3) is 0 Å². The van der Waals surface area contributed by atoms with Gasteiger partial charge in [-0.15, -0.1) is 0 Å².